The standard InChI is InChI=1S/C16H24ClN3O2/c1-5-20(6-2)16(22)11-19(4)10-15(21)18-14-8-7-12(3)9-13(14)17/h7-9H,5-6,10-11H2,1-4H3,(H,18,21)/p+1. The number of anilines is 1. The van der Waals surface area contributed by atoms with E-state index in [9.17, 15) is 9.59 Å². The molecule has 0 saturated heterocycles. The fourth-order valence-corrected chi connectivity index (χ4v) is 2.48. The van der Waals surface area contributed by atoms with E-state index in [0.717, 1.165) is 10.5 Å². The van der Waals surface area contributed by atoms with Gasteiger partial charge in [0.2, 0.25) is 0 Å². The maximum Gasteiger partial charge on any atom is 0.279 e. The largest absolute Gasteiger partial charge is 0.338 e. The van der Waals surface area contributed by atoms with Crippen LogP contribution in [0.5, 0.6) is 0 Å². The number of benzene rings is 1. The van der Waals surface area contributed by atoms with E-state index in [-0.39, 0.29) is 18.4 Å². The van der Waals surface area contributed by atoms with E-state index in [2.05, 4.69) is 5.32 Å². The predicted octanol–water partition coefficient (Wildman–Crippen LogP) is 0.970. The Balaban J connectivity index is 2.52. The van der Waals surface area contributed by atoms with Crippen molar-refractivity contribution in [2.45, 2.75) is 20.8 Å². The summed E-state index contributed by atoms with van der Waals surface area (Å²) in [5.41, 5.74) is 1.63. The maximum atomic E-state index is 12.0. The molecule has 5 nitrogen and oxygen atoms in total. The predicted molar refractivity (Wildman–Crippen MR) is 89.4 cm³/mol. The average Bonchev–Trinajstić information content (AvgIpc) is 2.43. The number of nitrogens with one attached hydrogen (secondary N) is 2. The second-order valence-corrected chi connectivity index (χ2v) is 5.82. The van der Waals surface area contributed by atoms with Gasteiger partial charge in [-0.2, -0.15) is 0 Å². The number of likely N-dealkylation sites (N-methyl/N-ethyl adjacent to an activating group) is 2. The van der Waals surface area contributed by atoms with Crippen LogP contribution in [0.1, 0.15) is 19.4 Å². The maximum absolute atomic E-state index is 12.0. The number of amides is 2. The van der Waals surface area contributed by atoms with Gasteiger partial charge >= 0.3 is 0 Å². The Morgan fingerprint density at radius 3 is 2.41 bits per heavy atom. The first kappa shape index (κ1) is 18.5. The molecule has 1 unspecified atom stereocenters. The van der Waals surface area contributed by atoms with Gasteiger partial charge in [-0.05, 0) is 38.5 Å². The molecule has 0 fully saturated rings. The molecule has 6 heteroatoms. The van der Waals surface area contributed by atoms with Crippen LogP contribution >= 0.6 is 11.6 Å². The van der Waals surface area contributed by atoms with Crippen molar-refractivity contribution in [2.24, 2.45) is 0 Å². The van der Waals surface area contributed by atoms with Crippen LogP contribution in [-0.4, -0.2) is 49.9 Å². The molecule has 0 aromatic heterocycles. The lowest BCUT2D eigenvalue weighted by molar-refractivity contribution is -0.862. The Morgan fingerprint density at radius 2 is 1.86 bits per heavy atom. The van der Waals surface area contributed by atoms with Crippen molar-refractivity contribution in [3.05, 3.63) is 28.8 Å². The molecule has 1 aromatic rings. The molecule has 0 radical (unpaired) electrons. The number of hydrogen-bond acceptors (Lipinski definition) is 2. The monoisotopic (exact) mass is 326 g/mol. The van der Waals surface area contributed by atoms with E-state index >= 15 is 0 Å². The summed E-state index contributed by atoms with van der Waals surface area (Å²) in [5, 5.41) is 3.30. The van der Waals surface area contributed by atoms with Crippen LogP contribution in [0.3, 0.4) is 0 Å². The molecule has 2 amide bonds. The summed E-state index contributed by atoms with van der Waals surface area (Å²) in [6.45, 7) is 7.73. The molecular formula is C16H25ClN3O2+. The Hall–Kier alpha value is -1.59. The van der Waals surface area contributed by atoms with E-state index < -0.39 is 0 Å². The zero-order valence-electron chi connectivity index (χ0n) is 13.7. The van der Waals surface area contributed by atoms with Crippen LogP contribution in [0, 0.1) is 6.92 Å². The summed E-state index contributed by atoms with van der Waals surface area (Å²) in [5.74, 6) is -0.0979. The third-order valence-electron chi connectivity index (χ3n) is 3.43. The summed E-state index contributed by atoms with van der Waals surface area (Å²) < 4.78 is 0. The van der Waals surface area contributed by atoms with Crippen LogP contribution < -0.4 is 10.2 Å². The van der Waals surface area contributed by atoms with Gasteiger partial charge in [0.15, 0.2) is 13.1 Å². The molecule has 1 atom stereocenters. The molecule has 2 N–H and O–H groups in total. The molecule has 0 saturated carbocycles. The third kappa shape index (κ3) is 5.66. The Morgan fingerprint density at radius 1 is 1.23 bits per heavy atom. The number of carbonyl (C=O) groups is 2. The number of rotatable bonds is 7. The average molecular weight is 327 g/mol. The van der Waals surface area contributed by atoms with E-state index in [4.69, 9.17) is 11.6 Å². The summed E-state index contributed by atoms with van der Waals surface area (Å²) in [7, 11) is 1.83. The molecule has 0 aliphatic heterocycles. The van der Waals surface area contributed by atoms with Gasteiger partial charge in [0.25, 0.3) is 11.8 Å². The van der Waals surface area contributed by atoms with Crippen LogP contribution in [0.15, 0.2) is 18.2 Å². The molecule has 0 aliphatic rings. The van der Waals surface area contributed by atoms with Gasteiger partial charge < -0.3 is 15.1 Å². The molecule has 1 rings (SSSR count). The minimum atomic E-state index is -0.157. The van der Waals surface area contributed by atoms with Gasteiger partial charge in [0, 0.05) is 13.1 Å². The molecular weight excluding hydrogens is 302 g/mol. The Kier molecular flexibility index (Phi) is 7.35. The normalized spacial score (nSPS) is 11.9. The summed E-state index contributed by atoms with van der Waals surface area (Å²) in [6.07, 6.45) is 0. The first-order valence-electron chi connectivity index (χ1n) is 7.52. The minimum Gasteiger partial charge on any atom is -0.338 e. The third-order valence-corrected chi connectivity index (χ3v) is 3.74. The quantitative estimate of drug-likeness (QED) is 0.784. The second kappa shape index (κ2) is 8.76. The first-order chi connectivity index (χ1) is 10.4. The molecule has 122 valence electrons. The van der Waals surface area contributed by atoms with Gasteiger partial charge in [0.05, 0.1) is 17.8 Å². The number of carbonyl (C=O) groups excluding carboxylic acids is 2. The molecule has 0 spiro atoms. The van der Waals surface area contributed by atoms with Gasteiger partial charge in [0.1, 0.15) is 0 Å². The Labute approximate surface area is 137 Å². The molecule has 1 aromatic carbocycles. The van der Waals surface area contributed by atoms with Gasteiger partial charge in [-0.15, -0.1) is 0 Å². The highest BCUT2D eigenvalue weighted by Crippen LogP contribution is 2.22. The van der Waals surface area contributed by atoms with E-state index in [1.54, 1.807) is 17.0 Å². The van der Waals surface area contributed by atoms with Crippen LogP contribution in [-0.2, 0) is 9.59 Å². The number of hydrogen-bond donors (Lipinski definition) is 2. The van der Waals surface area contributed by atoms with E-state index in [0.29, 0.717) is 30.3 Å². The fraction of sp³-hybridized carbons (Fsp3) is 0.500. The number of quaternary nitrogens is 1. The van der Waals surface area contributed by atoms with Gasteiger partial charge in [-0.1, -0.05) is 17.7 Å². The van der Waals surface area contributed by atoms with Gasteiger partial charge in [-0.25, -0.2) is 0 Å². The van der Waals surface area contributed by atoms with Crippen molar-refractivity contribution in [1.29, 1.82) is 0 Å². The number of aryl methyl sites for hydroxylation is 1. The fourth-order valence-electron chi connectivity index (χ4n) is 2.20. The highest BCUT2D eigenvalue weighted by Gasteiger charge is 2.18. The molecule has 22 heavy (non-hydrogen) atoms. The topological polar surface area (TPSA) is 53.9 Å². The minimum absolute atomic E-state index is 0.0590. The summed E-state index contributed by atoms with van der Waals surface area (Å²) in [4.78, 5) is 26.6. The van der Waals surface area contributed by atoms with Crippen LogP contribution in [0.25, 0.3) is 0 Å². The second-order valence-electron chi connectivity index (χ2n) is 5.41. The van der Waals surface area contributed by atoms with Crippen molar-refractivity contribution in [1.82, 2.24) is 4.90 Å². The lowest BCUT2D eigenvalue weighted by atomic mass is 10.2. The van der Waals surface area contributed by atoms with Crippen LogP contribution in [0.2, 0.25) is 5.02 Å². The van der Waals surface area contributed by atoms with Crippen molar-refractivity contribution < 1.29 is 14.5 Å². The smallest absolute Gasteiger partial charge is 0.279 e. The van der Waals surface area contributed by atoms with Crippen LogP contribution in [0.4, 0.5) is 5.69 Å². The SMILES string of the molecule is CCN(CC)C(=O)C[NH+](C)CC(=O)Nc1ccc(C)cc1Cl. The first-order valence-corrected chi connectivity index (χ1v) is 7.90. The van der Waals surface area contributed by atoms with Gasteiger partial charge in [-0.3, -0.25) is 9.59 Å². The molecule has 0 aliphatic carbocycles. The van der Waals surface area contributed by atoms with Crippen molar-refractivity contribution >= 4 is 29.1 Å². The molecule has 0 bridgehead atoms. The summed E-state index contributed by atoms with van der Waals surface area (Å²) in [6, 6.07) is 5.48. The zero-order chi connectivity index (χ0) is 16.7. The molecule has 0 heterocycles. The number of nitrogens with zero attached hydrogens (tertiary/aromatic N) is 1. The zero-order valence-corrected chi connectivity index (χ0v) is 14.5. The lowest BCUT2D eigenvalue weighted by Crippen LogP contribution is -3.11. The van der Waals surface area contributed by atoms with Crippen molar-refractivity contribution in [2.75, 3.05) is 38.5 Å². The van der Waals surface area contributed by atoms with Crippen molar-refractivity contribution in [3.63, 3.8) is 0 Å². The Bertz CT molecular complexity index is 530. The highest BCUT2D eigenvalue weighted by molar-refractivity contribution is 6.33. The summed E-state index contributed by atoms with van der Waals surface area (Å²) >= 11 is 6.09. The van der Waals surface area contributed by atoms with E-state index in [1.807, 2.05) is 33.9 Å². The van der Waals surface area contributed by atoms with Crippen molar-refractivity contribution in [3.8, 4) is 0 Å². The number of halogens is 1. The lowest BCUT2D eigenvalue weighted by Gasteiger charge is -2.21. The van der Waals surface area contributed by atoms with E-state index in [1.165, 1.54) is 0 Å². The highest BCUT2D eigenvalue weighted by atomic mass is 35.5.